The third-order valence-corrected chi connectivity index (χ3v) is 2.05. The summed E-state index contributed by atoms with van der Waals surface area (Å²) in [7, 11) is 1.50. The first-order valence-electron chi connectivity index (χ1n) is 3.91. The summed E-state index contributed by atoms with van der Waals surface area (Å²) in [5.41, 5.74) is 5.59. The standard InChI is InChI=1S/C7H15NO4/c1-11-6-2-4(8)7(10)5(3-9)12-6/h4-7,9-10H,2-3,8H2,1H3. The fourth-order valence-corrected chi connectivity index (χ4v) is 1.27. The number of rotatable bonds is 2. The van der Waals surface area contributed by atoms with E-state index in [0.717, 1.165) is 0 Å². The van der Waals surface area contributed by atoms with Crippen molar-refractivity contribution in [1.29, 1.82) is 0 Å². The molecule has 5 heteroatoms. The molecule has 0 saturated carbocycles. The Morgan fingerprint density at radius 1 is 1.67 bits per heavy atom. The molecule has 1 rings (SSSR count). The zero-order valence-corrected chi connectivity index (χ0v) is 7.01. The molecular formula is C7H15NO4. The maximum atomic E-state index is 9.39. The van der Waals surface area contributed by atoms with Gasteiger partial charge >= 0.3 is 0 Å². The molecule has 1 heterocycles. The largest absolute Gasteiger partial charge is 0.394 e. The van der Waals surface area contributed by atoms with Gasteiger partial charge in [0.25, 0.3) is 0 Å². The van der Waals surface area contributed by atoms with Crippen LogP contribution >= 0.6 is 0 Å². The van der Waals surface area contributed by atoms with Crippen molar-refractivity contribution in [1.82, 2.24) is 0 Å². The molecule has 1 aliphatic heterocycles. The van der Waals surface area contributed by atoms with E-state index in [4.69, 9.17) is 20.3 Å². The quantitative estimate of drug-likeness (QED) is 0.474. The summed E-state index contributed by atoms with van der Waals surface area (Å²) in [5.74, 6) is 0. The molecule has 0 bridgehead atoms. The Morgan fingerprint density at radius 2 is 2.33 bits per heavy atom. The first kappa shape index (κ1) is 9.88. The van der Waals surface area contributed by atoms with E-state index in [1.54, 1.807) is 0 Å². The summed E-state index contributed by atoms with van der Waals surface area (Å²) in [6, 6.07) is -0.388. The predicted octanol–water partition coefficient (Wildman–Crippen LogP) is -1.57. The Balaban J connectivity index is 2.52. The number of aliphatic hydroxyl groups excluding tert-OH is 2. The molecule has 0 aliphatic carbocycles. The highest BCUT2D eigenvalue weighted by atomic mass is 16.7. The molecule has 1 aliphatic rings. The Hall–Kier alpha value is -0.200. The van der Waals surface area contributed by atoms with Crippen LogP contribution in [0.2, 0.25) is 0 Å². The molecule has 0 radical (unpaired) electrons. The van der Waals surface area contributed by atoms with Gasteiger partial charge in [0, 0.05) is 19.6 Å². The van der Waals surface area contributed by atoms with Crippen LogP contribution in [0.1, 0.15) is 6.42 Å². The van der Waals surface area contributed by atoms with Crippen molar-refractivity contribution in [3.63, 3.8) is 0 Å². The smallest absolute Gasteiger partial charge is 0.159 e. The van der Waals surface area contributed by atoms with Crippen molar-refractivity contribution < 1.29 is 19.7 Å². The van der Waals surface area contributed by atoms with E-state index in [2.05, 4.69) is 0 Å². The molecule has 0 aromatic rings. The summed E-state index contributed by atoms with van der Waals surface area (Å²) < 4.78 is 10.1. The first-order valence-corrected chi connectivity index (χ1v) is 3.91. The fraction of sp³-hybridized carbons (Fsp3) is 1.00. The first-order chi connectivity index (χ1) is 5.69. The highest BCUT2D eigenvalue weighted by molar-refractivity contribution is 4.84. The number of methoxy groups -OCH3 is 1. The highest BCUT2D eigenvalue weighted by Gasteiger charge is 2.35. The topological polar surface area (TPSA) is 84.9 Å². The van der Waals surface area contributed by atoms with E-state index >= 15 is 0 Å². The second-order valence-corrected chi connectivity index (χ2v) is 2.91. The minimum Gasteiger partial charge on any atom is -0.394 e. The van der Waals surface area contributed by atoms with Crippen molar-refractivity contribution in [2.45, 2.75) is 31.0 Å². The Labute approximate surface area is 71.1 Å². The maximum Gasteiger partial charge on any atom is 0.159 e. The zero-order chi connectivity index (χ0) is 9.14. The van der Waals surface area contributed by atoms with Crippen molar-refractivity contribution in [3.05, 3.63) is 0 Å². The van der Waals surface area contributed by atoms with Gasteiger partial charge in [-0.15, -0.1) is 0 Å². The van der Waals surface area contributed by atoms with Gasteiger partial charge in [-0.05, 0) is 0 Å². The molecule has 0 amide bonds. The van der Waals surface area contributed by atoms with Crippen LogP contribution in [0, 0.1) is 0 Å². The van der Waals surface area contributed by atoms with Crippen LogP contribution in [-0.4, -0.2) is 48.5 Å². The molecule has 12 heavy (non-hydrogen) atoms. The molecule has 0 spiro atoms. The van der Waals surface area contributed by atoms with Crippen LogP contribution in [0.5, 0.6) is 0 Å². The molecular weight excluding hydrogens is 162 g/mol. The molecule has 4 N–H and O–H groups in total. The minimum atomic E-state index is -0.804. The van der Waals surface area contributed by atoms with E-state index in [1.165, 1.54) is 7.11 Å². The Morgan fingerprint density at radius 3 is 2.83 bits per heavy atom. The molecule has 1 saturated heterocycles. The molecule has 0 aromatic heterocycles. The lowest BCUT2D eigenvalue weighted by Crippen LogP contribution is -2.53. The summed E-state index contributed by atoms with van der Waals surface area (Å²) >= 11 is 0. The van der Waals surface area contributed by atoms with E-state index in [1.807, 2.05) is 0 Å². The number of hydrogen-bond acceptors (Lipinski definition) is 5. The van der Waals surface area contributed by atoms with Crippen LogP contribution in [0.25, 0.3) is 0 Å². The number of hydrogen-bond donors (Lipinski definition) is 3. The van der Waals surface area contributed by atoms with E-state index in [-0.39, 0.29) is 12.6 Å². The van der Waals surface area contributed by atoms with Gasteiger partial charge in [0.1, 0.15) is 6.10 Å². The van der Waals surface area contributed by atoms with Crippen molar-refractivity contribution >= 4 is 0 Å². The zero-order valence-electron chi connectivity index (χ0n) is 7.01. The molecule has 4 unspecified atom stereocenters. The van der Waals surface area contributed by atoms with Gasteiger partial charge in [0.05, 0.1) is 12.7 Å². The lowest BCUT2D eigenvalue weighted by atomic mass is 10.0. The van der Waals surface area contributed by atoms with E-state index in [9.17, 15) is 5.11 Å². The van der Waals surface area contributed by atoms with Gasteiger partial charge in [-0.1, -0.05) is 0 Å². The van der Waals surface area contributed by atoms with Gasteiger partial charge in [-0.3, -0.25) is 0 Å². The average Bonchev–Trinajstić information content (AvgIpc) is 2.09. The second kappa shape index (κ2) is 4.15. The fourth-order valence-electron chi connectivity index (χ4n) is 1.27. The van der Waals surface area contributed by atoms with E-state index < -0.39 is 18.5 Å². The lowest BCUT2D eigenvalue weighted by molar-refractivity contribution is -0.224. The van der Waals surface area contributed by atoms with Crippen LogP contribution in [0.15, 0.2) is 0 Å². The van der Waals surface area contributed by atoms with Crippen LogP contribution < -0.4 is 5.73 Å². The van der Waals surface area contributed by atoms with Crippen molar-refractivity contribution in [3.8, 4) is 0 Å². The highest BCUT2D eigenvalue weighted by Crippen LogP contribution is 2.18. The third kappa shape index (κ3) is 1.94. The Bertz CT molecular complexity index is 143. The van der Waals surface area contributed by atoms with Crippen LogP contribution in [0.4, 0.5) is 0 Å². The summed E-state index contributed by atoms with van der Waals surface area (Å²) in [6.45, 7) is -0.241. The number of nitrogens with two attached hydrogens (primary N) is 1. The summed E-state index contributed by atoms with van der Waals surface area (Å²) in [4.78, 5) is 0. The van der Waals surface area contributed by atoms with Crippen molar-refractivity contribution in [2.24, 2.45) is 5.73 Å². The molecule has 72 valence electrons. The normalized spacial score (nSPS) is 43.0. The van der Waals surface area contributed by atoms with Crippen LogP contribution in [0.3, 0.4) is 0 Å². The SMILES string of the molecule is COC1CC(N)C(O)C(CO)O1. The maximum absolute atomic E-state index is 9.39. The van der Waals surface area contributed by atoms with Crippen molar-refractivity contribution in [2.75, 3.05) is 13.7 Å². The minimum absolute atomic E-state index is 0.241. The molecule has 5 nitrogen and oxygen atoms in total. The Kier molecular flexibility index (Phi) is 3.42. The van der Waals surface area contributed by atoms with Gasteiger partial charge in [-0.2, -0.15) is 0 Å². The van der Waals surface area contributed by atoms with Gasteiger partial charge in [0.15, 0.2) is 6.29 Å². The lowest BCUT2D eigenvalue weighted by Gasteiger charge is -2.36. The van der Waals surface area contributed by atoms with Gasteiger partial charge in [0.2, 0.25) is 0 Å². The molecule has 4 atom stereocenters. The summed E-state index contributed by atoms with van der Waals surface area (Å²) in [6.07, 6.45) is -1.39. The van der Waals surface area contributed by atoms with Gasteiger partial charge < -0.3 is 25.4 Å². The van der Waals surface area contributed by atoms with E-state index in [0.29, 0.717) is 6.42 Å². The summed E-state index contributed by atoms with van der Waals surface area (Å²) in [5, 5.41) is 18.2. The number of aliphatic hydroxyl groups is 2. The monoisotopic (exact) mass is 177 g/mol. The molecule has 0 aromatic carbocycles. The van der Waals surface area contributed by atoms with Gasteiger partial charge in [-0.25, -0.2) is 0 Å². The predicted molar refractivity (Wildman–Crippen MR) is 41.4 cm³/mol. The number of ether oxygens (including phenoxy) is 2. The second-order valence-electron chi connectivity index (χ2n) is 2.91. The van der Waals surface area contributed by atoms with Crippen LogP contribution in [-0.2, 0) is 9.47 Å². The molecule has 1 fully saturated rings. The average molecular weight is 177 g/mol. The third-order valence-electron chi connectivity index (χ3n) is 2.05.